The molecule has 3 atom stereocenters. The van der Waals surface area contributed by atoms with Crippen LogP contribution in [0.4, 0.5) is 13.2 Å². The molecule has 0 heterocycles. The molecule has 1 saturated carbocycles. The van der Waals surface area contributed by atoms with Crippen LogP contribution in [-0.2, 0) is 4.74 Å². The first kappa shape index (κ1) is 16.4. The van der Waals surface area contributed by atoms with E-state index in [1.807, 2.05) is 6.92 Å². The molecule has 118 valence electrons. The Morgan fingerprint density at radius 2 is 1.90 bits per heavy atom. The highest BCUT2D eigenvalue weighted by atomic mass is 79.9. The van der Waals surface area contributed by atoms with Gasteiger partial charge in [0.05, 0.1) is 0 Å². The first-order valence-corrected chi connectivity index (χ1v) is 7.59. The van der Waals surface area contributed by atoms with Crippen LogP contribution in [0.15, 0.2) is 24.3 Å². The van der Waals surface area contributed by atoms with E-state index in [4.69, 9.17) is 9.47 Å². The molecule has 2 rings (SSSR count). The molecule has 0 radical (unpaired) electrons. The van der Waals surface area contributed by atoms with Crippen LogP contribution in [0.5, 0.6) is 11.5 Å². The highest BCUT2D eigenvalue weighted by molar-refractivity contribution is 9.09. The molecular formula is C14H16BrF3O3. The number of hydrogen-bond acceptors (Lipinski definition) is 3. The minimum atomic E-state index is -4.74. The lowest BCUT2D eigenvalue weighted by molar-refractivity contribution is -0.275. The van der Waals surface area contributed by atoms with Gasteiger partial charge in [0.25, 0.3) is 0 Å². The number of hydrogen-bond donors (Lipinski definition) is 0. The maximum Gasteiger partial charge on any atom is 0.573 e. The van der Waals surface area contributed by atoms with Crippen molar-refractivity contribution in [3.63, 3.8) is 0 Å². The van der Waals surface area contributed by atoms with Crippen molar-refractivity contribution in [2.24, 2.45) is 0 Å². The zero-order chi connectivity index (χ0) is 15.5. The summed E-state index contributed by atoms with van der Waals surface area (Å²) in [7, 11) is 0. The average molecular weight is 369 g/mol. The lowest BCUT2D eigenvalue weighted by Crippen LogP contribution is -2.52. The van der Waals surface area contributed by atoms with Crippen molar-refractivity contribution in [3.8, 4) is 11.5 Å². The third-order valence-electron chi connectivity index (χ3n) is 3.05. The van der Waals surface area contributed by atoms with Gasteiger partial charge in [-0.05, 0) is 18.6 Å². The van der Waals surface area contributed by atoms with Crippen molar-refractivity contribution < 1.29 is 27.4 Å². The van der Waals surface area contributed by atoms with E-state index in [0.29, 0.717) is 13.0 Å². The van der Waals surface area contributed by atoms with E-state index in [-0.39, 0.29) is 28.5 Å². The molecular weight excluding hydrogens is 353 g/mol. The molecule has 0 spiro atoms. The predicted molar refractivity (Wildman–Crippen MR) is 74.9 cm³/mol. The Morgan fingerprint density at radius 3 is 2.48 bits per heavy atom. The molecule has 1 aromatic carbocycles. The Balaban J connectivity index is 2.02. The van der Waals surface area contributed by atoms with Gasteiger partial charge < -0.3 is 14.2 Å². The Bertz CT molecular complexity index is 467. The third-order valence-corrected chi connectivity index (χ3v) is 3.94. The summed E-state index contributed by atoms with van der Waals surface area (Å²) < 4.78 is 52.3. The lowest BCUT2D eigenvalue weighted by atomic mass is 9.91. The van der Waals surface area contributed by atoms with E-state index in [1.165, 1.54) is 18.2 Å². The number of benzene rings is 1. The highest BCUT2D eigenvalue weighted by Gasteiger charge is 2.43. The normalized spacial score (nSPS) is 25.3. The van der Waals surface area contributed by atoms with E-state index in [2.05, 4.69) is 20.7 Å². The maximum atomic E-state index is 12.3. The molecule has 3 unspecified atom stereocenters. The summed E-state index contributed by atoms with van der Waals surface area (Å²) >= 11 is 3.46. The molecule has 0 amide bonds. The molecule has 0 aliphatic heterocycles. The smallest absolute Gasteiger partial charge is 0.484 e. The largest absolute Gasteiger partial charge is 0.573 e. The number of para-hydroxylation sites is 2. The summed E-state index contributed by atoms with van der Waals surface area (Å²) in [5.41, 5.74) is 0. The fourth-order valence-electron chi connectivity index (χ4n) is 2.03. The monoisotopic (exact) mass is 368 g/mol. The molecule has 21 heavy (non-hydrogen) atoms. The molecule has 0 aromatic heterocycles. The minimum absolute atomic E-state index is 0.0734. The number of alkyl halides is 4. The Morgan fingerprint density at radius 1 is 1.24 bits per heavy atom. The van der Waals surface area contributed by atoms with E-state index in [9.17, 15) is 13.2 Å². The van der Waals surface area contributed by atoms with Crippen molar-refractivity contribution in [1.29, 1.82) is 0 Å². The summed E-state index contributed by atoms with van der Waals surface area (Å²) in [5.74, 6) is -0.262. The van der Waals surface area contributed by atoms with Crippen molar-refractivity contribution >= 4 is 15.9 Å². The topological polar surface area (TPSA) is 27.7 Å². The van der Waals surface area contributed by atoms with Gasteiger partial charge in [-0.2, -0.15) is 0 Å². The van der Waals surface area contributed by atoms with Crippen molar-refractivity contribution in [3.05, 3.63) is 24.3 Å². The van der Waals surface area contributed by atoms with Crippen LogP contribution in [0, 0.1) is 0 Å². The number of halogens is 4. The maximum absolute atomic E-state index is 12.3. The summed E-state index contributed by atoms with van der Waals surface area (Å²) in [6.07, 6.45) is -3.64. The molecule has 1 fully saturated rings. The van der Waals surface area contributed by atoms with Crippen LogP contribution in [-0.4, -0.2) is 30.0 Å². The molecule has 0 saturated heterocycles. The van der Waals surface area contributed by atoms with Gasteiger partial charge in [0.15, 0.2) is 11.5 Å². The first-order valence-electron chi connectivity index (χ1n) is 6.68. The SMILES string of the molecule is CCCOC1C(Br)CC1Oc1ccccc1OC(F)(F)F. The van der Waals surface area contributed by atoms with Crippen molar-refractivity contribution in [2.45, 2.75) is 43.2 Å². The van der Waals surface area contributed by atoms with E-state index in [0.717, 1.165) is 6.42 Å². The second-order valence-corrected chi connectivity index (χ2v) is 5.91. The van der Waals surface area contributed by atoms with E-state index < -0.39 is 6.36 Å². The number of ether oxygens (including phenoxy) is 3. The van der Waals surface area contributed by atoms with Crippen LogP contribution in [0.25, 0.3) is 0 Å². The van der Waals surface area contributed by atoms with Crippen LogP contribution in [0.3, 0.4) is 0 Å². The van der Waals surface area contributed by atoms with Gasteiger partial charge in [-0.15, -0.1) is 13.2 Å². The van der Waals surface area contributed by atoms with Gasteiger partial charge in [0.1, 0.15) is 12.2 Å². The summed E-state index contributed by atoms with van der Waals surface area (Å²) in [6, 6.07) is 5.76. The van der Waals surface area contributed by atoms with Gasteiger partial charge in [0.2, 0.25) is 0 Å². The van der Waals surface area contributed by atoms with Crippen molar-refractivity contribution in [1.82, 2.24) is 0 Å². The lowest BCUT2D eigenvalue weighted by Gasteiger charge is -2.41. The van der Waals surface area contributed by atoms with Crippen LogP contribution in [0.2, 0.25) is 0 Å². The fraction of sp³-hybridized carbons (Fsp3) is 0.571. The van der Waals surface area contributed by atoms with Gasteiger partial charge >= 0.3 is 6.36 Å². The molecule has 7 heteroatoms. The second-order valence-electron chi connectivity index (χ2n) is 4.74. The standard InChI is InChI=1S/C14H16BrF3O3/c1-2-7-19-13-9(15)8-12(13)20-10-5-3-4-6-11(10)21-14(16,17)18/h3-6,9,12-13H,2,7-8H2,1H3. The summed E-state index contributed by atoms with van der Waals surface area (Å²) in [4.78, 5) is 0.157. The third kappa shape index (κ3) is 4.51. The van der Waals surface area contributed by atoms with Crippen LogP contribution >= 0.6 is 15.9 Å². The molecule has 0 bridgehead atoms. The molecule has 1 aliphatic rings. The molecule has 0 N–H and O–H groups in total. The second kappa shape index (κ2) is 6.87. The molecule has 1 aliphatic carbocycles. The summed E-state index contributed by atoms with van der Waals surface area (Å²) in [6.45, 7) is 2.58. The van der Waals surface area contributed by atoms with Gasteiger partial charge in [-0.3, -0.25) is 0 Å². The molecule has 1 aromatic rings. The van der Waals surface area contributed by atoms with Crippen molar-refractivity contribution in [2.75, 3.05) is 6.61 Å². The average Bonchev–Trinajstić information content (AvgIpc) is 2.39. The first-order chi connectivity index (χ1) is 9.90. The quantitative estimate of drug-likeness (QED) is 0.700. The Hall–Kier alpha value is -0.950. The van der Waals surface area contributed by atoms with E-state index >= 15 is 0 Å². The highest BCUT2D eigenvalue weighted by Crippen LogP contribution is 2.38. The van der Waals surface area contributed by atoms with Gasteiger partial charge in [0, 0.05) is 17.9 Å². The minimum Gasteiger partial charge on any atom is -0.484 e. The van der Waals surface area contributed by atoms with Crippen LogP contribution < -0.4 is 9.47 Å². The molecule has 3 nitrogen and oxygen atoms in total. The fourth-order valence-corrected chi connectivity index (χ4v) is 2.89. The Labute approximate surface area is 129 Å². The zero-order valence-electron chi connectivity index (χ0n) is 11.4. The number of rotatable bonds is 6. The predicted octanol–water partition coefficient (Wildman–Crippen LogP) is 4.30. The zero-order valence-corrected chi connectivity index (χ0v) is 13.0. The van der Waals surface area contributed by atoms with Gasteiger partial charge in [-0.1, -0.05) is 35.0 Å². The Kier molecular flexibility index (Phi) is 5.37. The van der Waals surface area contributed by atoms with Gasteiger partial charge in [-0.25, -0.2) is 0 Å². The summed E-state index contributed by atoms with van der Waals surface area (Å²) in [5, 5.41) is 0. The van der Waals surface area contributed by atoms with E-state index in [1.54, 1.807) is 6.07 Å². The van der Waals surface area contributed by atoms with Crippen LogP contribution in [0.1, 0.15) is 19.8 Å².